The van der Waals surface area contributed by atoms with E-state index in [4.69, 9.17) is 9.47 Å². The highest BCUT2D eigenvalue weighted by Crippen LogP contribution is 2.22. The van der Waals surface area contributed by atoms with Crippen LogP contribution in [0.1, 0.15) is 18.4 Å². The fraction of sp³-hybridized carbons (Fsp3) is 0.500. The van der Waals surface area contributed by atoms with E-state index in [0.717, 1.165) is 12.8 Å². The number of methoxy groups -OCH3 is 1. The maximum Gasteiger partial charge on any atom is 0.263 e. The molecule has 1 aromatic rings. The van der Waals surface area contributed by atoms with Gasteiger partial charge in [-0.2, -0.15) is 0 Å². The van der Waals surface area contributed by atoms with Gasteiger partial charge in [0.1, 0.15) is 5.84 Å². The molecule has 0 bridgehead atoms. The van der Waals surface area contributed by atoms with Crippen LogP contribution in [0.15, 0.2) is 34.2 Å². The van der Waals surface area contributed by atoms with E-state index in [1.165, 1.54) is 0 Å². The topological polar surface area (TPSA) is 77.0 Å². The molecule has 0 aliphatic carbocycles. The largest absolute Gasteiger partial charge is 0.382 e. The van der Waals surface area contributed by atoms with E-state index >= 15 is 0 Å². The van der Waals surface area contributed by atoms with Crippen LogP contribution in [-0.2, 0) is 19.5 Å². The monoisotopic (exact) mass is 312 g/mol. The molecule has 1 aliphatic heterocycles. The third-order valence-electron chi connectivity index (χ3n) is 3.06. The number of nitrogens with zero attached hydrogens (tertiary/aromatic N) is 1. The number of nitrogens with one attached hydrogen (secondary N) is 1. The van der Waals surface area contributed by atoms with E-state index in [2.05, 4.69) is 9.71 Å². The van der Waals surface area contributed by atoms with Gasteiger partial charge in [-0.25, -0.2) is 8.42 Å². The summed E-state index contributed by atoms with van der Waals surface area (Å²) in [6, 6.07) is 6.86. The molecule has 0 radical (unpaired) electrons. The third-order valence-corrected chi connectivity index (χ3v) is 4.46. The quantitative estimate of drug-likeness (QED) is 0.731. The molecule has 0 aromatic heterocycles. The summed E-state index contributed by atoms with van der Waals surface area (Å²) in [4.78, 5) is 4.64. The van der Waals surface area contributed by atoms with E-state index in [0.29, 0.717) is 42.7 Å². The summed E-state index contributed by atoms with van der Waals surface area (Å²) in [5.41, 5.74) is 0.647. The molecule has 1 aliphatic rings. The van der Waals surface area contributed by atoms with Crippen LogP contribution in [0, 0.1) is 0 Å². The molecule has 0 atom stereocenters. The first-order valence-corrected chi connectivity index (χ1v) is 8.37. The second-order valence-corrected chi connectivity index (χ2v) is 6.30. The average molecular weight is 312 g/mol. The van der Waals surface area contributed by atoms with Crippen molar-refractivity contribution < 1.29 is 17.9 Å². The van der Waals surface area contributed by atoms with Crippen molar-refractivity contribution in [2.45, 2.75) is 17.7 Å². The lowest BCUT2D eigenvalue weighted by atomic mass is 10.2. The van der Waals surface area contributed by atoms with Crippen molar-refractivity contribution in [2.24, 2.45) is 4.99 Å². The highest BCUT2D eigenvalue weighted by molar-refractivity contribution is 7.90. The van der Waals surface area contributed by atoms with Gasteiger partial charge in [0.05, 0.1) is 18.1 Å². The predicted molar refractivity (Wildman–Crippen MR) is 80.1 cm³/mol. The molecule has 1 N–H and O–H groups in total. The Hall–Kier alpha value is -1.44. The van der Waals surface area contributed by atoms with E-state index in [-0.39, 0.29) is 0 Å². The fourth-order valence-electron chi connectivity index (χ4n) is 2.00. The highest BCUT2D eigenvalue weighted by atomic mass is 32.2. The molecule has 2 rings (SSSR count). The second kappa shape index (κ2) is 7.53. The highest BCUT2D eigenvalue weighted by Gasteiger charge is 2.29. The zero-order valence-corrected chi connectivity index (χ0v) is 12.9. The van der Waals surface area contributed by atoms with E-state index in [1.54, 1.807) is 31.4 Å². The summed E-state index contributed by atoms with van der Waals surface area (Å²) < 4.78 is 36.5. The predicted octanol–water partition coefficient (Wildman–Crippen LogP) is 1.17. The Morgan fingerprint density at radius 1 is 1.14 bits per heavy atom. The molecule has 21 heavy (non-hydrogen) atoms. The van der Waals surface area contributed by atoms with Crippen LogP contribution in [0.4, 0.5) is 0 Å². The molecule has 6 nitrogen and oxygen atoms in total. The molecule has 1 aromatic carbocycles. The number of amidine groups is 1. The molecule has 7 heteroatoms. The molecule has 0 fully saturated rings. The Morgan fingerprint density at radius 3 is 2.76 bits per heavy atom. The van der Waals surface area contributed by atoms with Gasteiger partial charge in [0, 0.05) is 25.8 Å². The van der Waals surface area contributed by atoms with Crippen molar-refractivity contribution in [2.75, 3.05) is 33.5 Å². The van der Waals surface area contributed by atoms with Crippen molar-refractivity contribution in [3.8, 4) is 0 Å². The molecule has 0 saturated carbocycles. The Balaban J connectivity index is 1.81. The fourth-order valence-corrected chi connectivity index (χ4v) is 3.25. The molecule has 1 heterocycles. The zero-order chi connectivity index (χ0) is 15.1. The van der Waals surface area contributed by atoms with Gasteiger partial charge in [0.25, 0.3) is 10.0 Å². The number of hydrogen-bond donors (Lipinski definition) is 1. The zero-order valence-electron chi connectivity index (χ0n) is 12.0. The summed E-state index contributed by atoms with van der Waals surface area (Å²) in [7, 11) is -1.79. The van der Waals surface area contributed by atoms with Gasteiger partial charge in [0.15, 0.2) is 0 Å². The summed E-state index contributed by atoms with van der Waals surface area (Å²) in [5, 5.41) is 0. The van der Waals surface area contributed by atoms with Crippen molar-refractivity contribution >= 4 is 15.9 Å². The van der Waals surface area contributed by atoms with E-state index in [1.807, 2.05) is 0 Å². The summed E-state index contributed by atoms with van der Waals surface area (Å²) in [6.07, 6.45) is 1.73. The lowest BCUT2D eigenvalue weighted by molar-refractivity contribution is 0.0690. The Kier molecular flexibility index (Phi) is 5.72. The minimum absolute atomic E-state index is 0.298. The van der Waals surface area contributed by atoms with Crippen molar-refractivity contribution in [1.29, 1.82) is 0 Å². The van der Waals surface area contributed by atoms with Gasteiger partial charge < -0.3 is 9.47 Å². The van der Waals surface area contributed by atoms with Crippen LogP contribution < -0.4 is 4.72 Å². The molecule has 0 unspecified atom stereocenters. The van der Waals surface area contributed by atoms with Crippen molar-refractivity contribution in [1.82, 2.24) is 4.72 Å². The van der Waals surface area contributed by atoms with Gasteiger partial charge in [-0.15, -0.1) is 0 Å². The normalized spacial score (nSPS) is 17.7. The molecule has 116 valence electrons. The Morgan fingerprint density at radius 2 is 1.95 bits per heavy atom. The van der Waals surface area contributed by atoms with Gasteiger partial charge >= 0.3 is 0 Å². The lowest BCUT2D eigenvalue weighted by Crippen LogP contribution is -2.22. The van der Waals surface area contributed by atoms with Crippen LogP contribution in [0.5, 0.6) is 0 Å². The number of unbranched alkanes of at least 4 members (excludes halogenated alkanes) is 1. The van der Waals surface area contributed by atoms with Crippen molar-refractivity contribution in [3.63, 3.8) is 0 Å². The number of rotatable bonds is 8. The molecule has 0 spiro atoms. The smallest absolute Gasteiger partial charge is 0.263 e. The molecule has 0 amide bonds. The van der Waals surface area contributed by atoms with E-state index < -0.39 is 10.0 Å². The standard InChI is InChI=1S/C14H20N2O4S/c1-19-10-11-20-9-5-4-8-15-14-12-6-2-3-7-13(12)21(17,18)16-14/h2-3,6-7H,4-5,8-11H2,1H3,(H,15,16). The third kappa shape index (κ3) is 4.26. The number of sulfonamides is 1. The second-order valence-electron chi connectivity index (χ2n) is 4.64. The van der Waals surface area contributed by atoms with Gasteiger partial charge in [0.2, 0.25) is 0 Å². The molecule has 0 saturated heterocycles. The van der Waals surface area contributed by atoms with Gasteiger partial charge in [-0.05, 0) is 25.0 Å². The average Bonchev–Trinajstić information content (AvgIpc) is 2.74. The summed E-state index contributed by atoms with van der Waals surface area (Å²) >= 11 is 0. The van der Waals surface area contributed by atoms with E-state index in [9.17, 15) is 8.42 Å². The number of benzene rings is 1. The van der Waals surface area contributed by atoms with Crippen molar-refractivity contribution in [3.05, 3.63) is 29.8 Å². The van der Waals surface area contributed by atoms with Crippen LogP contribution >= 0.6 is 0 Å². The van der Waals surface area contributed by atoms with Crippen LogP contribution in [0.25, 0.3) is 0 Å². The minimum Gasteiger partial charge on any atom is -0.382 e. The number of ether oxygens (including phenoxy) is 2. The van der Waals surface area contributed by atoms with Gasteiger partial charge in [-0.3, -0.25) is 9.71 Å². The Bertz CT molecular complexity index is 599. The first kappa shape index (κ1) is 15.9. The summed E-state index contributed by atoms with van der Waals surface area (Å²) in [6.45, 7) is 2.43. The minimum atomic E-state index is -3.43. The Labute approximate surface area is 125 Å². The van der Waals surface area contributed by atoms with Gasteiger partial charge in [-0.1, -0.05) is 12.1 Å². The first-order valence-electron chi connectivity index (χ1n) is 6.88. The van der Waals surface area contributed by atoms with Crippen LogP contribution in [0.2, 0.25) is 0 Å². The van der Waals surface area contributed by atoms with Crippen LogP contribution in [-0.4, -0.2) is 47.7 Å². The lowest BCUT2D eigenvalue weighted by Gasteiger charge is -2.02. The maximum atomic E-state index is 11.9. The number of aliphatic imine (C=N–C) groups is 1. The molecular formula is C14H20N2O4S. The van der Waals surface area contributed by atoms with Crippen LogP contribution in [0.3, 0.4) is 0 Å². The summed E-state index contributed by atoms with van der Waals surface area (Å²) in [5.74, 6) is 0.436. The maximum absolute atomic E-state index is 11.9. The SMILES string of the molecule is COCCOCCCCN=C1NS(=O)(=O)c2ccccc21. The molecular weight excluding hydrogens is 292 g/mol. The first-order chi connectivity index (χ1) is 10.1. The number of hydrogen-bond acceptors (Lipinski definition) is 5. The number of fused-ring (bicyclic) bond motifs is 1.